The maximum absolute atomic E-state index is 10.8. The van der Waals surface area contributed by atoms with E-state index in [4.69, 9.17) is 9.66 Å². The highest BCUT2D eigenvalue weighted by Gasteiger charge is 2.17. The zero-order chi connectivity index (χ0) is 10.9. The number of carbonyl (C=O) groups is 1. The van der Waals surface area contributed by atoms with E-state index in [1.54, 1.807) is 0 Å². The molecule has 0 spiro atoms. The molecule has 0 unspecified atom stereocenters. The fourth-order valence-electron chi connectivity index (χ4n) is 1.13. The van der Waals surface area contributed by atoms with Gasteiger partial charge in [0.15, 0.2) is 0 Å². The fraction of sp³-hybridized carbons (Fsp3) is 0.125. The van der Waals surface area contributed by atoms with Gasteiger partial charge in [-0.2, -0.15) is 8.42 Å². The van der Waals surface area contributed by atoms with Gasteiger partial charge in [-0.05, 0) is 24.6 Å². The minimum absolute atomic E-state index is 0.0301. The zero-order valence-corrected chi connectivity index (χ0v) is 8.08. The monoisotopic (exact) mass is 216 g/mol. The summed E-state index contributed by atoms with van der Waals surface area (Å²) in [5, 5.41) is 8.68. The number of benzene rings is 1. The average molecular weight is 216 g/mol. The molecule has 0 bridgehead atoms. The fourth-order valence-corrected chi connectivity index (χ4v) is 1.87. The van der Waals surface area contributed by atoms with E-state index in [-0.39, 0.29) is 16.0 Å². The first-order valence-corrected chi connectivity index (χ1v) is 5.08. The standard InChI is InChI=1S/C8H8O5S/c1-5-6(8(9)10)3-2-4-7(5)14(11,12)13/h2-4H,1H3,(H,9,10)(H,11,12,13). The molecule has 0 aromatic heterocycles. The van der Waals surface area contributed by atoms with Gasteiger partial charge in [0.05, 0.1) is 10.5 Å². The van der Waals surface area contributed by atoms with E-state index in [9.17, 15) is 13.2 Å². The molecule has 0 saturated carbocycles. The number of carboxylic acids is 1. The van der Waals surface area contributed by atoms with E-state index >= 15 is 0 Å². The van der Waals surface area contributed by atoms with E-state index < -0.39 is 16.1 Å². The minimum Gasteiger partial charge on any atom is -0.478 e. The van der Waals surface area contributed by atoms with Gasteiger partial charge in [0, 0.05) is 0 Å². The molecule has 0 heterocycles. The number of hydrogen-bond donors (Lipinski definition) is 2. The summed E-state index contributed by atoms with van der Waals surface area (Å²) in [4.78, 5) is 10.2. The van der Waals surface area contributed by atoms with Crippen LogP contribution in [0.5, 0.6) is 0 Å². The van der Waals surface area contributed by atoms with Crippen molar-refractivity contribution in [2.75, 3.05) is 0 Å². The highest BCUT2D eigenvalue weighted by Crippen LogP contribution is 2.18. The Morgan fingerprint density at radius 1 is 1.36 bits per heavy atom. The summed E-state index contributed by atoms with van der Waals surface area (Å²) >= 11 is 0. The molecule has 6 heteroatoms. The average Bonchev–Trinajstić information content (AvgIpc) is 2.01. The van der Waals surface area contributed by atoms with Crippen LogP contribution in [0.25, 0.3) is 0 Å². The zero-order valence-electron chi connectivity index (χ0n) is 7.26. The summed E-state index contributed by atoms with van der Waals surface area (Å²) in [6.45, 7) is 1.33. The van der Waals surface area contributed by atoms with Crippen LogP contribution in [0.1, 0.15) is 15.9 Å². The molecular weight excluding hydrogens is 208 g/mol. The summed E-state index contributed by atoms with van der Waals surface area (Å²) in [5.41, 5.74) is -0.109. The normalized spacial score (nSPS) is 11.3. The van der Waals surface area contributed by atoms with E-state index in [1.165, 1.54) is 19.1 Å². The van der Waals surface area contributed by atoms with E-state index in [0.717, 1.165) is 6.07 Å². The van der Waals surface area contributed by atoms with Gasteiger partial charge in [-0.15, -0.1) is 0 Å². The summed E-state index contributed by atoms with van der Waals surface area (Å²) < 4.78 is 30.3. The lowest BCUT2D eigenvalue weighted by Crippen LogP contribution is -2.06. The molecule has 0 atom stereocenters. The molecule has 0 saturated heterocycles. The highest BCUT2D eigenvalue weighted by atomic mass is 32.2. The molecule has 2 N–H and O–H groups in total. The van der Waals surface area contributed by atoms with E-state index in [0.29, 0.717) is 0 Å². The van der Waals surface area contributed by atoms with Gasteiger partial charge in [-0.3, -0.25) is 4.55 Å². The third-order valence-electron chi connectivity index (χ3n) is 1.79. The molecule has 1 rings (SSSR count). The van der Waals surface area contributed by atoms with Crippen molar-refractivity contribution in [1.82, 2.24) is 0 Å². The smallest absolute Gasteiger partial charge is 0.335 e. The lowest BCUT2D eigenvalue weighted by atomic mass is 10.1. The maximum atomic E-state index is 10.8. The molecule has 0 aliphatic carbocycles. The Morgan fingerprint density at radius 2 is 1.93 bits per heavy atom. The molecule has 0 aliphatic heterocycles. The number of rotatable bonds is 2. The lowest BCUT2D eigenvalue weighted by Gasteiger charge is -2.04. The van der Waals surface area contributed by atoms with Crippen LogP contribution in [0, 0.1) is 6.92 Å². The Labute approximate surface area is 80.7 Å². The molecule has 1 aromatic carbocycles. The molecule has 5 nitrogen and oxygen atoms in total. The van der Waals surface area contributed by atoms with Gasteiger partial charge in [-0.25, -0.2) is 4.79 Å². The first kappa shape index (κ1) is 10.7. The SMILES string of the molecule is Cc1c(C(=O)O)cccc1S(=O)(=O)O. The predicted octanol–water partition coefficient (Wildman–Crippen LogP) is 0.940. The van der Waals surface area contributed by atoms with Crippen molar-refractivity contribution in [3.63, 3.8) is 0 Å². The van der Waals surface area contributed by atoms with Crippen molar-refractivity contribution < 1.29 is 22.9 Å². The van der Waals surface area contributed by atoms with Crippen molar-refractivity contribution in [2.45, 2.75) is 11.8 Å². The van der Waals surface area contributed by atoms with E-state index in [1.807, 2.05) is 0 Å². The quantitative estimate of drug-likeness (QED) is 0.718. The minimum atomic E-state index is -4.35. The van der Waals surface area contributed by atoms with Crippen LogP contribution < -0.4 is 0 Å². The Kier molecular flexibility index (Phi) is 2.59. The number of aromatic carboxylic acids is 1. The Balaban J connectivity index is 3.51. The Hall–Kier alpha value is -1.40. The van der Waals surface area contributed by atoms with Crippen LogP contribution in [0.2, 0.25) is 0 Å². The van der Waals surface area contributed by atoms with Crippen LogP contribution in [-0.2, 0) is 10.1 Å². The van der Waals surface area contributed by atoms with Crippen LogP contribution in [0.4, 0.5) is 0 Å². The molecule has 0 radical (unpaired) electrons. The molecular formula is C8H8O5S. The van der Waals surface area contributed by atoms with Gasteiger partial charge in [0.2, 0.25) is 0 Å². The number of carboxylic acid groups (broad SMARTS) is 1. The third kappa shape index (κ3) is 1.91. The first-order chi connectivity index (χ1) is 6.34. The maximum Gasteiger partial charge on any atom is 0.335 e. The molecule has 76 valence electrons. The lowest BCUT2D eigenvalue weighted by molar-refractivity contribution is 0.0696. The van der Waals surface area contributed by atoms with Gasteiger partial charge in [0.1, 0.15) is 0 Å². The van der Waals surface area contributed by atoms with Crippen LogP contribution in [0.15, 0.2) is 23.1 Å². The van der Waals surface area contributed by atoms with Crippen LogP contribution in [-0.4, -0.2) is 24.0 Å². The first-order valence-electron chi connectivity index (χ1n) is 3.64. The van der Waals surface area contributed by atoms with Crippen LogP contribution in [0.3, 0.4) is 0 Å². The van der Waals surface area contributed by atoms with Crippen molar-refractivity contribution in [2.24, 2.45) is 0 Å². The molecule has 1 aromatic rings. The van der Waals surface area contributed by atoms with Gasteiger partial charge in [-0.1, -0.05) is 6.07 Å². The van der Waals surface area contributed by atoms with Crippen LogP contribution >= 0.6 is 0 Å². The Morgan fingerprint density at radius 3 is 2.36 bits per heavy atom. The van der Waals surface area contributed by atoms with Crippen molar-refractivity contribution in [3.8, 4) is 0 Å². The van der Waals surface area contributed by atoms with Gasteiger partial charge < -0.3 is 5.11 Å². The molecule has 14 heavy (non-hydrogen) atoms. The summed E-state index contributed by atoms with van der Waals surface area (Å²) in [7, 11) is -4.35. The molecule has 0 amide bonds. The summed E-state index contributed by atoms with van der Waals surface area (Å²) in [6.07, 6.45) is 0. The largest absolute Gasteiger partial charge is 0.478 e. The van der Waals surface area contributed by atoms with Crippen molar-refractivity contribution in [1.29, 1.82) is 0 Å². The third-order valence-corrected chi connectivity index (χ3v) is 2.79. The second kappa shape index (κ2) is 3.39. The summed E-state index contributed by atoms with van der Waals surface area (Å²) in [5.74, 6) is -1.23. The Bertz CT molecular complexity index is 475. The van der Waals surface area contributed by atoms with E-state index in [2.05, 4.69) is 0 Å². The van der Waals surface area contributed by atoms with Gasteiger partial charge >= 0.3 is 5.97 Å². The van der Waals surface area contributed by atoms with Crippen molar-refractivity contribution in [3.05, 3.63) is 29.3 Å². The van der Waals surface area contributed by atoms with Gasteiger partial charge in [0.25, 0.3) is 10.1 Å². The van der Waals surface area contributed by atoms with Crippen molar-refractivity contribution >= 4 is 16.1 Å². The topological polar surface area (TPSA) is 91.7 Å². The number of hydrogen-bond acceptors (Lipinski definition) is 3. The molecule has 0 aliphatic rings. The predicted molar refractivity (Wildman–Crippen MR) is 48.0 cm³/mol. The molecule has 0 fully saturated rings. The second-order valence-electron chi connectivity index (χ2n) is 2.71. The summed E-state index contributed by atoms with van der Waals surface area (Å²) in [6, 6.07) is 3.68. The highest BCUT2D eigenvalue weighted by molar-refractivity contribution is 7.85. The second-order valence-corrected chi connectivity index (χ2v) is 4.10.